The lowest BCUT2D eigenvalue weighted by Crippen LogP contribution is -2.35. The molecule has 0 spiro atoms. The Morgan fingerprint density at radius 3 is 2.80 bits per heavy atom. The number of likely N-dealkylation sites (N-methyl/N-ethyl adjacent to an activating group) is 1. The summed E-state index contributed by atoms with van der Waals surface area (Å²) in [6.07, 6.45) is 1.15. The van der Waals surface area contributed by atoms with Crippen LogP contribution < -0.4 is 4.74 Å². The van der Waals surface area contributed by atoms with Gasteiger partial charge in [-0.1, -0.05) is 31.8 Å². The number of hydrogen-bond acceptors (Lipinski definition) is 3. The quantitative estimate of drug-likeness (QED) is 0.776. The molecule has 1 unspecified atom stereocenters. The first-order chi connectivity index (χ1) is 9.71. The van der Waals surface area contributed by atoms with Gasteiger partial charge in [-0.25, -0.2) is 0 Å². The molecular formula is C17H25NO2. The minimum absolute atomic E-state index is 0.120. The first-order valence-corrected chi connectivity index (χ1v) is 7.27. The van der Waals surface area contributed by atoms with Crippen LogP contribution in [0, 0.1) is 11.8 Å². The first kappa shape index (κ1) is 16.6. The van der Waals surface area contributed by atoms with Crippen molar-refractivity contribution in [2.75, 3.05) is 26.3 Å². The fraction of sp³-hybridized carbons (Fsp3) is 0.529. The van der Waals surface area contributed by atoms with Gasteiger partial charge < -0.3 is 9.84 Å². The molecule has 0 aromatic heterocycles. The van der Waals surface area contributed by atoms with Gasteiger partial charge in [-0.3, -0.25) is 4.90 Å². The lowest BCUT2D eigenvalue weighted by molar-refractivity contribution is 0.171. The van der Waals surface area contributed by atoms with Gasteiger partial charge in [-0.05, 0) is 38.1 Å². The van der Waals surface area contributed by atoms with Crippen molar-refractivity contribution < 1.29 is 9.84 Å². The Balaban J connectivity index is 2.49. The van der Waals surface area contributed by atoms with E-state index in [0.29, 0.717) is 12.6 Å². The SMILES string of the molecule is CCC(C)N(CC)CCOc1cccc(C#CCO)c1. The summed E-state index contributed by atoms with van der Waals surface area (Å²) in [6.45, 7) is 9.16. The molecule has 110 valence electrons. The standard InChI is InChI=1S/C17H25NO2/c1-4-15(3)18(5-2)11-13-20-17-10-6-8-16(14-17)9-7-12-19/h6,8,10,14-15,19H,4-5,11-13H2,1-3H3. The van der Waals surface area contributed by atoms with Gasteiger partial charge in [-0.15, -0.1) is 0 Å². The number of rotatable bonds is 7. The molecule has 0 aliphatic rings. The average Bonchev–Trinajstić information content (AvgIpc) is 2.49. The van der Waals surface area contributed by atoms with E-state index in [-0.39, 0.29) is 6.61 Å². The number of benzene rings is 1. The normalized spacial score (nSPS) is 11.8. The molecule has 0 fully saturated rings. The molecule has 20 heavy (non-hydrogen) atoms. The number of hydrogen-bond donors (Lipinski definition) is 1. The molecule has 0 aliphatic carbocycles. The second-order valence-electron chi connectivity index (χ2n) is 4.72. The summed E-state index contributed by atoms with van der Waals surface area (Å²) in [4.78, 5) is 2.41. The molecule has 1 N–H and O–H groups in total. The average molecular weight is 275 g/mol. The van der Waals surface area contributed by atoms with E-state index in [0.717, 1.165) is 30.8 Å². The van der Waals surface area contributed by atoms with Crippen LogP contribution in [0.2, 0.25) is 0 Å². The largest absolute Gasteiger partial charge is 0.492 e. The van der Waals surface area contributed by atoms with Crippen molar-refractivity contribution in [3.8, 4) is 17.6 Å². The summed E-state index contributed by atoms with van der Waals surface area (Å²) in [5, 5.41) is 8.69. The fourth-order valence-corrected chi connectivity index (χ4v) is 2.03. The van der Waals surface area contributed by atoms with E-state index < -0.39 is 0 Å². The van der Waals surface area contributed by atoms with Crippen LogP contribution >= 0.6 is 0 Å². The topological polar surface area (TPSA) is 32.7 Å². The third kappa shape index (κ3) is 5.64. The van der Waals surface area contributed by atoms with Crippen molar-refractivity contribution in [1.29, 1.82) is 0 Å². The van der Waals surface area contributed by atoms with Crippen LogP contribution in [-0.4, -0.2) is 42.4 Å². The van der Waals surface area contributed by atoms with Crippen molar-refractivity contribution in [3.63, 3.8) is 0 Å². The van der Waals surface area contributed by atoms with Crippen molar-refractivity contribution in [2.24, 2.45) is 0 Å². The van der Waals surface area contributed by atoms with Crippen molar-refractivity contribution in [3.05, 3.63) is 29.8 Å². The predicted octanol–water partition coefficient (Wildman–Crippen LogP) is 2.53. The highest BCUT2D eigenvalue weighted by molar-refractivity contribution is 5.39. The van der Waals surface area contributed by atoms with Crippen LogP contribution in [0.4, 0.5) is 0 Å². The molecule has 0 aliphatic heterocycles. The van der Waals surface area contributed by atoms with E-state index in [2.05, 4.69) is 37.5 Å². The Kier molecular flexibility index (Phi) is 7.79. The highest BCUT2D eigenvalue weighted by Crippen LogP contribution is 2.13. The first-order valence-electron chi connectivity index (χ1n) is 7.27. The zero-order chi connectivity index (χ0) is 14.8. The maximum atomic E-state index is 8.69. The molecule has 0 saturated carbocycles. The van der Waals surface area contributed by atoms with E-state index in [9.17, 15) is 0 Å². The number of aliphatic hydroxyl groups excluding tert-OH is 1. The van der Waals surface area contributed by atoms with Gasteiger partial charge in [-0.2, -0.15) is 0 Å². The van der Waals surface area contributed by atoms with E-state index >= 15 is 0 Å². The molecule has 1 aromatic rings. The van der Waals surface area contributed by atoms with E-state index in [1.165, 1.54) is 0 Å². The minimum Gasteiger partial charge on any atom is -0.492 e. The number of nitrogens with zero attached hydrogens (tertiary/aromatic N) is 1. The molecular weight excluding hydrogens is 250 g/mol. The second kappa shape index (κ2) is 9.41. The zero-order valence-corrected chi connectivity index (χ0v) is 12.7. The Bertz CT molecular complexity index is 448. The van der Waals surface area contributed by atoms with Gasteiger partial charge in [0.1, 0.15) is 19.0 Å². The van der Waals surface area contributed by atoms with Crippen LogP contribution in [-0.2, 0) is 0 Å². The van der Waals surface area contributed by atoms with Gasteiger partial charge in [0.2, 0.25) is 0 Å². The van der Waals surface area contributed by atoms with Crippen LogP contribution in [0.15, 0.2) is 24.3 Å². The molecule has 1 aromatic carbocycles. The molecule has 0 amide bonds. The summed E-state index contributed by atoms with van der Waals surface area (Å²) in [5.74, 6) is 6.35. The van der Waals surface area contributed by atoms with E-state index in [1.807, 2.05) is 24.3 Å². The molecule has 1 rings (SSSR count). The third-order valence-corrected chi connectivity index (χ3v) is 3.41. The lowest BCUT2D eigenvalue weighted by atomic mass is 10.2. The molecule has 0 heterocycles. The van der Waals surface area contributed by atoms with Crippen molar-refractivity contribution in [1.82, 2.24) is 4.90 Å². The monoisotopic (exact) mass is 275 g/mol. The number of ether oxygens (including phenoxy) is 1. The van der Waals surface area contributed by atoms with E-state index in [1.54, 1.807) is 0 Å². The Labute approximate surface area is 122 Å². The molecule has 1 atom stereocenters. The maximum absolute atomic E-state index is 8.69. The Morgan fingerprint density at radius 1 is 1.35 bits per heavy atom. The Hall–Kier alpha value is -1.50. The molecule has 3 nitrogen and oxygen atoms in total. The highest BCUT2D eigenvalue weighted by Gasteiger charge is 2.09. The van der Waals surface area contributed by atoms with Gasteiger partial charge in [0.05, 0.1) is 0 Å². The second-order valence-corrected chi connectivity index (χ2v) is 4.72. The van der Waals surface area contributed by atoms with Gasteiger partial charge in [0, 0.05) is 18.2 Å². The van der Waals surface area contributed by atoms with Gasteiger partial charge >= 0.3 is 0 Å². The predicted molar refractivity (Wildman–Crippen MR) is 82.9 cm³/mol. The van der Waals surface area contributed by atoms with Crippen molar-refractivity contribution in [2.45, 2.75) is 33.2 Å². The molecule has 0 bridgehead atoms. The summed E-state index contributed by atoms with van der Waals surface area (Å²) < 4.78 is 5.78. The fourth-order valence-electron chi connectivity index (χ4n) is 2.03. The minimum atomic E-state index is -0.120. The van der Waals surface area contributed by atoms with Crippen LogP contribution in [0.5, 0.6) is 5.75 Å². The van der Waals surface area contributed by atoms with Crippen LogP contribution in [0.25, 0.3) is 0 Å². The third-order valence-electron chi connectivity index (χ3n) is 3.41. The lowest BCUT2D eigenvalue weighted by Gasteiger charge is -2.26. The van der Waals surface area contributed by atoms with Gasteiger partial charge in [0.25, 0.3) is 0 Å². The molecule has 0 saturated heterocycles. The van der Waals surface area contributed by atoms with Gasteiger partial charge in [0.15, 0.2) is 0 Å². The summed E-state index contributed by atoms with van der Waals surface area (Å²) in [5.41, 5.74) is 0.867. The van der Waals surface area contributed by atoms with Crippen LogP contribution in [0.3, 0.4) is 0 Å². The smallest absolute Gasteiger partial charge is 0.120 e. The Morgan fingerprint density at radius 2 is 2.15 bits per heavy atom. The summed E-state index contributed by atoms with van der Waals surface area (Å²) in [6, 6.07) is 8.26. The van der Waals surface area contributed by atoms with Crippen molar-refractivity contribution >= 4 is 0 Å². The van der Waals surface area contributed by atoms with Crippen LogP contribution in [0.1, 0.15) is 32.8 Å². The molecule has 0 radical (unpaired) electrons. The zero-order valence-electron chi connectivity index (χ0n) is 12.7. The summed E-state index contributed by atoms with van der Waals surface area (Å²) in [7, 11) is 0. The van der Waals surface area contributed by atoms with E-state index in [4.69, 9.17) is 9.84 Å². The highest BCUT2D eigenvalue weighted by atomic mass is 16.5. The molecule has 3 heteroatoms. The summed E-state index contributed by atoms with van der Waals surface area (Å²) >= 11 is 0. The number of aliphatic hydroxyl groups is 1. The maximum Gasteiger partial charge on any atom is 0.120 e.